The Bertz CT molecular complexity index is 1290. The number of hydrogen-bond acceptors (Lipinski definition) is 6. The van der Waals surface area contributed by atoms with E-state index in [1.807, 2.05) is 0 Å². The zero-order valence-electron chi connectivity index (χ0n) is 17.9. The lowest BCUT2D eigenvalue weighted by Gasteiger charge is -2.40. The van der Waals surface area contributed by atoms with Crippen LogP contribution in [0.5, 0.6) is 0 Å². The van der Waals surface area contributed by atoms with E-state index in [2.05, 4.69) is 27.4 Å². The topological polar surface area (TPSA) is 89.1 Å². The van der Waals surface area contributed by atoms with Gasteiger partial charge < -0.3 is 14.6 Å². The molecule has 170 valence electrons. The second-order valence-corrected chi connectivity index (χ2v) is 8.61. The van der Waals surface area contributed by atoms with Gasteiger partial charge in [0.1, 0.15) is 11.3 Å². The van der Waals surface area contributed by atoms with Crippen LogP contribution in [-0.2, 0) is 0 Å². The van der Waals surface area contributed by atoms with Gasteiger partial charge in [0.05, 0.1) is 29.7 Å². The number of carbonyl (C=O) groups is 1. The first-order valence-electron chi connectivity index (χ1n) is 10.8. The van der Waals surface area contributed by atoms with E-state index in [1.165, 1.54) is 35.4 Å². The van der Waals surface area contributed by atoms with E-state index in [9.17, 15) is 9.18 Å². The molecule has 0 aliphatic carbocycles. The first kappa shape index (κ1) is 21.4. The van der Waals surface area contributed by atoms with Gasteiger partial charge in [-0.1, -0.05) is 18.5 Å². The maximum absolute atomic E-state index is 14.1. The summed E-state index contributed by atoms with van der Waals surface area (Å²) in [6.07, 6.45) is 4.88. The van der Waals surface area contributed by atoms with Crippen LogP contribution in [0.25, 0.3) is 16.8 Å². The van der Waals surface area contributed by atoms with E-state index >= 15 is 0 Å². The Balaban J connectivity index is 1.40. The van der Waals surface area contributed by atoms with Gasteiger partial charge in [0.15, 0.2) is 5.58 Å². The quantitative estimate of drug-likeness (QED) is 0.462. The molecule has 1 N–H and O–H groups in total. The van der Waals surface area contributed by atoms with Gasteiger partial charge in [-0.2, -0.15) is 20.0 Å². The molecule has 1 saturated heterocycles. The molecular weight excluding hydrogens is 447 g/mol. The number of aromatic nitrogens is 4. The maximum atomic E-state index is 14.1. The SMILES string of the molecule is CC1CCCN(C(=O)c2cc(F)ccc2-n2nccn2)C1CNc1nc2cc(Cl)ccc2o1. The van der Waals surface area contributed by atoms with Crippen molar-refractivity contribution >= 4 is 34.6 Å². The highest BCUT2D eigenvalue weighted by atomic mass is 35.5. The summed E-state index contributed by atoms with van der Waals surface area (Å²) in [4.78, 5) is 21.2. The Morgan fingerprint density at radius 1 is 1.24 bits per heavy atom. The van der Waals surface area contributed by atoms with Crippen molar-refractivity contribution in [2.24, 2.45) is 5.92 Å². The van der Waals surface area contributed by atoms with Gasteiger partial charge in [-0.25, -0.2) is 4.39 Å². The minimum atomic E-state index is -0.487. The number of amides is 1. The number of hydrogen-bond donors (Lipinski definition) is 1. The van der Waals surface area contributed by atoms with Gasteiger partial charge in [-0.3, -0.25) is 4.79 Å². The lowest BCUT2D eigenvalue weighted by Crippen LogP contribution is -2.51. The highest BCUT2D eigenvalue weighted by molar-refractivity contribution is 6.31. The van der Waals surface area contributed by atoms with E-state index < -0.39 is 5.82 Å². The van der Waals surface area contributed by atoms with Gasteiger partial charge in [0, 0.05) is 18.1 Å². The lowest BCUT2D eigenvalue weighted by molar-refractivity contribution is 0.0538. The third-order valence-electron chi connectivity index (χ3n) is 6.01. The number of benzene rings is 2. The number of nitrogens with one attached hydrogen (secondary N) is 1. The van der Waals surface area contributed by atoms with Crippen LogP contribution in [-0.4, -0.2) is 49.9 Å². The molecule has 2 atom stereocenters. The van der Waals surface area contributed by atoms with Crippen molar-refractivity contribution in [3.05, 3.63) is 65.2 Å². The molecule has 8 nitrogen and oxygen atoms in total. The van der Waals surface area contributed by atoms with Crippen LogP contribution in [0.4, 0.5) is 10.4 Å². The van der Waals surface area contributed by atoms with E-state index in [4.69, 9.17) is 16.0 Å². The fourth-order valence-electron chi connectivity index (χ4n) is 4.33. The van der Waals surface area contributed by atoms with Crippen molar-refractivity contribution in [3.63, 3.8) is 0 Å². The smallest absolute Gasteiger partial charge is 0.295 e. The summed E-state index contributed by atoms with van der Waals surface area (Å²) >= 11 is 6.04. The molecule has 33 heavy (non-hydrogen) atoms. The molecule has 2 aromatic carbocycles. The van der Waals surface area contributed by atoms with Crippen LogP contribution in [0.15, 0.2) is 53.2 Å². The van der Waals surface area contributed by atoms with E-state index in [0.717, 1.165) is 12.8 Å². The average molecular weight is 469 g/mol. The summed E-state index contributed by atoms with van der Waals surface area (Å²) in [7, 11) is 0. The lowest BCUT2D eigenvalue weighted by atomic mass is 9.90. The molecule has 3 heterocycles. The molecule has 5 rings (SSSR count). The molecule has 1 aliphatic heterocycles. The second kappa shape index (κ2) is 8.82. The van der Waals surface area contributed by atoms with E-state index in [-0.39, 0.29) is 23.4 Å². The Hall–Kier alpha value is -3.46. The molecule has 1 amide bonds. The summed E-state index contributed by atoms with van der Waals surface area (Å²) < 4.78 is 19.9. The Labute approximate surface area is 194 Å². The van der Waals surface area contributed by atoms with Crippen molar-refractivity contribution in [3.8, 4) is 5.69 Å². The monoisotopic (exact) mass is 468 g/mol. The molecule has 0 radical (unpaired) electrons. The van der Waals surface area contributed by atoms with Crippen LogP contribution < -0.4 is 5.32 Å². The van der Waals surface area contributed by atoms with Gasteiger partial charge >= 0.3 is 0 Å². The molecule has 10 heteroatoms. The number of rotatable bonds is 5. The van der Waals surface area contributed by atoms with Crippen LogP contribution in [0.3, 0.4) is 0 Å². The summed E-state index contributed by atoms with van der Waals surface area (Å²) in [5.41, 5.74) is 1.95. The van der Waals surface area contributed by atoms with Crippen LogP contribution in [0, 0.1) is 11.7 Å². The van der Waals surface area contributed by atoms with Crippen LogP contribution in [0.1, 0.15) is 30.1 Å². The first-order chi connectivity index (χ1) is 16.0. The standard InChI is InChI=1S/C23H22ClFN6O2/c1-14-3-2-10-30(20(14)13-26-23-29-18-11-15(24)4-7-21(18)33-23)22(32)17-12-16(25)5-6-19(17)31-27-8-9-28-31/h4-9,11-12,14,20H,2-3,10,13H2,1H3,(H,26,29). The summed E-state index contributed by atoms with van der Waals surface area (Å²) in [6, 6.07) is 9.54. The van der Waals surface area contributed by atoms with Gasteiger partial charge in [-0.15, -0.1) is 0 Å². The van der Waals surface area contributed by atoms with Crippen molar-refractivity contribution in [2.75, 3.05) is 18.4 Å². The summed E-state index contributed by atoms with van der Waals surface area (Å²) in [6.45, 7) is 3.12. The highest BCUT2D eigenvalue weighted by Gasteiger charge is 2.34. The number of anilines is 1. The Morgan fingerprint density at radius 3 is 2.88 bits per heavy atom. The minimum Gasteiger partial charge on any atom is -0.424 e. The maximum Gasteiger partial charge on any atom is 0.295 e. The molecule has 0 bridgehead atoms. The van der Waals surface area contributed by atoms with Crippen LogP contribution >= 0.6 is 11.6 Å². The molecule has 0 spiro atoms. The number of carbonyl (C=O) groups excluding carboxylic acids is 1. The van der Waals surface area contributed by atoms with Crippen molar-refractivity contribution in [1.29, 1.82) is 0 Å². The molecule has 2 aromatic heterocycles. The van der Waals surface area contributed by atoms with Crippen molar-refractivity contribution in [1.82, 2.24) is 24.9 Å². The molecular formula is C23H22ClFN6O2. The minimum absolute atomic E-state index is 0.133. The highest BCUT2D eigenvalue weighted by Crippen LogP contribution is 2.28. The predicted molar refractivity (Wildman–Crippen MR) is 122 cm³/mol. The van der Waals surface area contributed by atoms with Crippen molar-refractivity contribution < 1.29 is 13.6 Å². The normalized spacial score (nSPS) is 18.6. The summed E-state index contributed by atoms with van der Waals surface area (Å²) in [5.74, 6) is -0.516. The average Bonchev–Trinajstić information content (AvgIpc) is 3.47. The molecule has 1 aliphatic rings. The van der Waals surface area contributed by atoms with E-state index in [0.29, 0.717) is 40.9 Å². The predicted octanol–water partition coefficient (Wildman–Crippen LogP) is 4.55. The number of fused-ring (bicyclic) bond motifs is 1. The number of halogens is 2. The van der Waals surface area contributed by atoms with Crippen molar-refractivity contribution in [2.45, 2.75) is 25.8 Å². The second-order valence-electron chi connectivity index (χ2n) is 8.18. The largest absolute Gasteiger partial charge is 0.424 e. The van der Waals surface area contributed by atoms with Gasteiger partial charge in [0.2, 0.25) is 0 Å². The number of nitrogens with zero attached hydrogens (tertiary/aromatic N) is 5. The molecule has 0 saturated carbocycles. The first-order valence-corrected chi connectivity index (χ1v) is 11.1. The third-order valence-corrected chi connectivity index (χ3v) is 6.25. The van der Waals surface area contributed by atoms with Crippen LogP contribution in [0.2, 0.25) is 5.02 Å². The number of oxazole rings is 1. The molecule has 1 fully saturated rings. The molecule has 4 aromatic rings. The number of piperidine rings is 1. The molecule has 2 unspecified atom stereocenters. The van der Waals surface area contributed by atoms with Gasteiger partial charge in [-0.05, 0) is 55.2 Å². The zero-order chi connectivity index (χ0) is 22.9. The fourth-order valence-corrected chi connectivity index (χ4v) is 4.50. The van der Waals surface area contributed by atoms with E-state index in [1.54, 1.807) is 23.1 Å². The Kier molecular flexibility index (Phi) is 5.72. The number of likely N-dealkylation sites (tertiary alicyclic amines) is 1. The third kappa shape index (κ3) is 4.28. The van der Waals surface area contributed by atoms with Gasteiger partial charge in [0.25, 0.3) is 11.9 Å². The Morgan fingerprint density at radius 2 is 2.06 bits per heavy atom. The fraction of sp³-hybridized carbons (Fsp3) is 0.304. The summed E-state index contributed by atoms with van der Waals surface area (Å²) in [5, 5.41) is 12.0. The zero-order valence-corrected chi connectivity index (χ0v) is 18.7.